The van der Waals surface area contributed by atoms with Crippen molar-refractivity contribution in [2.75, 3.05) is 5.75 Å². The zero-order chi connectivity index (χ0) is 18.9. The fraction of sp³-hybridized carbons (Fsp3) is 0.500. The third kappa shape index (κ3) is 4.51. The summed E-state index contributed by atoms with van der Waals surface area (Å²) in [6, 6.07) is 6.43. The number of Topliss-reactive ketones (excluding diaryl/α,β-unsaturated/α-hetero) is 1. The largest absolute Gasteiger partial charge is 1.00 e. The van der Waals surface area contributed by atoms with Crippen molar-refractivity contribution >= 4 is 28.5 Å². The van der Waals surface area contributed by atoms with E-state index in [0.717, 1.165) is 19.0 Å². The van der Waals surface area contributed by atoms with Crippen LogP contribution in [-0.2, 0) is 14.9 Å². The fourth-order valence-corrected chi connectivity index (χ4v) is 5.34. The van der Waals surface area contributed by atoms with E-state index < -0.39 is 21.3 Å². The SMILES string of the molecule is CC1(C)C2CCC1(CS(=O)(=O)[O-])C(=O)C2.O=Cc1ccc(C=O)cc1.[Na+]. The maximum absolute atomic E-state index is 11.8. The molecule has 2 aliphatic carbocycles. The topological polar surface area (TPSA) is 108 Å². The molecule has 26 heavy (non-hydrogen) atoms. The number of ketones is 1. The van der Waals surface area contributed by atoms with Crippen LogP contribution in [0.1, 0.15) is 53.8 Å². The molecular formula is C18H21NaO6S. The van der Waals surface area contributed by atoms with Crippen LogP contribution >= 0.6 is 0 Å². The number of benzene rings is 1. The number of hydrogen-bond acceptors (Lipinski definition) is 6. The Morgan fingerprint density at radius 2 is 1.58 bits per heavy atom. The third-order valence-electron chi connectivity index (χ3n) is 5.77. The van der Waals surface area contributed by atoms with Crippen molar-refractivity contribution < 1.29 is 56.9 Å². The van der Waals surface area contributed by atoms with E-state index in [1.54, 1.807) is 24.3 Å². The summed E-state index contributed by atoms with van der Waals surface area (Å²) in [5, 5.41) is 0. The van der Waals surface area contributed by atoms with E-state index in [-0.39, 0.29) is 46.7 Å². The molecule has 2 aliphatic rings. The number of fused-ring (bicyclic) bond motifs is 2. The molecule has 0 amide bonds. The molecule has 2 fully saturated rings. The van der Waals surface area contributed by atoms with E-state index >= 15 is 0 Å². The van der Waals surface area contributed by atoms with E-state index in [0.29, 0.717) is 24.0 Å². The normalized spacial score (nSPS) is 25.7. The van der Waals surface area contributed by atoms with Crippen molar-refractivity contribution in [1.82, 2.24) is 0 Å². The minimum Gasteiger partial charge on any atom is -0.748 e. The summed E-state index contributed by atoms with van der Waals surface area (Å²) in [5.41, 5.74) is -0.0454. The van der Waals surface area contributed by atoms with Crippen molar-refractivity contribution in [3.8, 4) is 0 Å². The Morgan fingerprint density at radius 3 is 1.85 bits per heavy atom. The number of aldehydes is 2. The van der Waals surface area contributed by atoms with Crippen molar-refractivity contribution in [2.24, 2.45) is 16.7 Å². The van der Waals surface area contributed by atoms with Gasteiger partial charge in [-0.05, 0) is 24.2 Å². The smallest absolute Gasteiger partial charge is 0.748 e. The predicted molar refractivity (Wildman–Crippen MR) is 90.3 cm³/mol. The molecule has 2 saturated carbocycles. The van der Waals surface area contributed by atoms with E-state index in [9.17, 15) is 27.4 Å². The van der Waals surface area contributed by atoms with Crippen LogP contribution in [0.3, 0.4) is 0 Å². The van der Waals surface area contributed by atoms with Crippen LogP contribution in [-0.4, -0.2) is 37.1 Å². The molecule has 0 aliphatic heterocycles. The third-order valence-corrected chi connectivity index (χ3v) is 6.62. The molecular weight excluding hydrogens is 367 g/mol. The Bertz CT molecular complexity index is 757. The summed E-state index contributed by atoms with van der Waals surface area (Å²) in [4.78, 5) is 32.1. The first-order chi connectivity index (χ1) is 11.6. The molecule has 136 valence electrons. The first-order valence-corrected chi connectivity index (χ1v) is 9.61. The molecule has 2 unspecified atom stereocenters. The average Bonchev–Trinajstić information content (AvgIpc) is 2.88. The minimum absolute atomic E-state index is 0. The van der Waals surface area contributed by atoms with Gasteiger partial charge in [-0.3, -0.25) is 14.4 Å². The number of hydrogen-bond donors (Lipinski definition) is 0. The summed E-state index contributed by atoms with van der Waals surface area (Å²) in [6.45, 7) is 3.83. The Kier molecular flexibility index (Phi) is 7.52. The predicted octanol–water partition coefficient (Wildman–Crippen LogP) is -0.757. The zero-order valence-electron chi connectivity index (χ0n) is 15.2. The van der Waals surface area contributed by atoms with Gasteiger partial charge in [0.15, 0.2) is 0 Å². The Hall–Kier alpha value is -0.860. The second-order valence-electron chi connectivity index (χ2n) is 7.27. The van der Waals surface area contributed by atoms with Crippen LogP contribution in [0.25, 0.3) is 0 Å². The van der Waals surface area contributed by atoms with Gasteiger partial charge in [0.25, 0.3) is 0 Å². The Labute approximate surface area is 175 Å². The Morgan fingerprint density at radius 1 is 1.12 bits per heavy atom. The molecule has 0 radical (unpaired) electrons. The van der Waals surface area contributed by atoms with E-state index in [4.69, 9.17) is 0 Å². The molecule has 1 aromatic rings. The zero-order valence-corrected chi connectivity index (χ0v) is 18.0. The van der Waals surface area contributed by atoms with Gasteiger partial charge in [0, 0.05) is 23.0 Å². The quantitative estimate of drug-likeness (QED) is 0.381. The first-order valence-electron chi connectivity index (χ1n) is 8.03. The molecule has 8 heteroatoms. The monoisotopic (exact) mass is 388 g/mol. The van der Waals surface area contributed by atoms with Gasteiger partial charge in [0.05, 0.1) is 15.9 Å². The second-order valence-corrected chi connectivity index (χ2v) is 8.68. The summed E-state index contributed by atoms with van der Waals surface area (Å²) in [5.74, 6) is -0.280. The van der Waals surface area contributed by atoms with E-state index in [2.05, 4.69) is 0 Å². The van der Waals surface area contributed by atoms with Crippen LogP contribution < -0.4 is 29.6 Å². The van der Waals surface area contributed by atoms with Gasteiger partial charge in [0.1, 0.15) is 18.4 Å². The molecule has 0 saturated heterocycles. The standard InChI is InChI=1S/C10H16O4S.C8H6O2.Na/c1-9(2)7-3-4-10(9,8(11)5-7)6-15(12,13)14;9-5-7-1-2-8(6-10)4-3-7;/h7H,3-6H2,1-2H3,(H,12,13,14);1-6H;/q;;+1/p-1. The number of carbonyl (C=O) groups is 3. The molecule has 0 heterocycles. The number of carbonyl (C=O) groups excluding carboxylic acids is 3. The average molecular weight is 388 g/mol. The molecule has 2 bridgehead atoms. The van der Waals surface area contributed by atoms with Gasteiger partial charge >= 0.3 is 29.6 Å². The summed E-state index contributed by atoms with van der Waals surface area (Å²) < 4.78 is 32.7. The molecule has 6 nitrogen and oxygen atoms in total. The molecule has 0 N–H and O–H groups in total. The van der Waals surface area contributed by atoms with Crippen LogP contribution in [0.4, 0.5) is 0 Å². The molecule has 2 atom stereocenters. The van der Waals surface area contributed by atoms with Gasteiger partial charge in [0.2, 0.25) is 0 Å². The Balaban J connectivity index is 0.000000270. The maximum Gasteiger partial charge on any atom is 1.00 e. The minimum atomic E-state index is -4.33. The van der Waals surface area contributed by atoms with Crippen LogP contribution in [0.15, 0.2) is 24.3 Å². The van der Waals surface area contributed by atoms with E-state index in [1.165, 1.54) is 0 Å². The van der Waals surface area contributed by atoms with Crippen LogP contribution in [0.5, 0.6) is 0 Å². The number of rotatable bonds is 4. The van der Waals surface area contributed by atoms with E-state index in [1.807, 2.05) is 13.8 Å². The van der Waals surface area contributed by atoms with Crippen LogP contribution in [0.2, 0.25) is 0 Å². The summed E-state index contributed by atoms with van der Waals surface area (Å²) in [6.07, 6.45) is 3.37. The summed E-state index contributed by atoms with van der Waals surface area (Å²) in [7, 11) is -4.33. The molecule has 0 spiro atoms. The van der Waals surface area contributed by atoms with Gasteiger partial charge < -0.3 is 4.55 Å². The second kappa shape index (κ2) is 8.44. The maximum atomic E-state index is 11.8. The summed E-state index contributed by atoms with van der Waals surface area (Å²) >= 11 is 0. The van der Waals surface area contributed by atoms with Gasteiger partial charge in [-0.15, -0.1) is 0 Å². The van der Waals surface area contributed by atoms with Crippen LogP contribution in [0, 0.1) is 16.7 Å². The molecule has 0 aromatic heterocycles. The fourth-order valence-electron chi connectivity index (χ4n) is 4.06. The molecule has 1 aromatic carbocycles. The van der Waals surface area contributed by atoms with Crippen molar-refractivity contribution in [3.05, 3.63) is 35.4 Å². The molecule has 3 rings (SSSR count). The van der Waals surface area contributed by atoms with Gasteiger partial charge in [-0.2, -0.15) is 0 Å². The first kappa shape index (κ1) is 23.2. The van der Waals surface area contributed by atoms with Crippen molar-refractivity contribution in [3.63, 3.8) is 0 Å². The van der Waals surface area contributed by atoms with Crippen molar-refractivity contribution in [2.45, 2.75) is 33.1 Å². The van der Waals surface area contributed by atoms with Gasteiger partial charge in [-0.1, -0.05) is 38.1 Å². The van der Waals surface area contributed by atoms with Gasteiger partial charge in [-0.25, -0.2) is 8.42 Å². The van der Waals surface area contributed by atoms with Crippen molar-refractivity contribution in [1.29, 1.82) is 0 Å².